The van der Waals surface area contributed by atoms with Gasteiger partial charge in [0.25, 0.3) is 0 Å². The number of piperazine rings is 1. The lowest BCUT2D eigenvalue weighted by atomic mass is 10.2. The van der Waals surface area contributed by atoms with Gasteiger partial charge in [-0.15, -0.1) is 12.4 Å². The Hall–Kier alpha value is -0.360. The number of halogens is 1. The highest BCUT2D eigenvalue weighted by atomic mass is 35.5. The van der Waals surface area contributed by atoms with E-state index in [-0.39, 0.29) is 31.0 Å². The summed E-state index contributed by atoms with van der Waals surface area (Å²) in [6.45, 7) is 5.71. The molecule has 0 bridgehead atoms. The molecule has 1 rings (SSSR count). The fraction of sp³-hybridized carbons (Fsp3) is 0.900. The lowest BCUT2D eigenvalue weighted by Gasteiger charge is -2.33. The van der Waals surface area contributed by atoms with E-state index in [2.05, 4.69) is 5.32 Å². The molecule has 1 N–H and O–H groups in total. The number of amides is 1. The van der Waals surface area contributed by atoms with Gasteiger partial charge in [0.1, 0.15) is 6.61 Å². The molecule has 1 heterocycles. The molecule has 1 atom stereocenters. The van der Waals surface area contributed by atoms with E-state index >= 15 is 0 Å². The van der Waals surface area contributed by atoms with Crippen LogP contribution in [0.15, 0.2) is 0 Å². The first-order chi connectivity index (χ1) is 7.25. The molecule has 0 aromatic rings. The van der Waals surface area contributed by atoms with Crippen molar-refractivity contribution in [1.82, 2.24) is 10.2 Å². The summed E-state index contributed by atoms with van der Waals surface area (Å²) in [4.78, 5) is 13.6. The van der Waals surface area contributed by atoms with Crippen LogP contribution in [0.2, 0.25) is 0 Å². The number of methoxy groups -OCH3 is 1. The smallest absolute Gasteiger partial charge is 0.248 e. The van der Waals surface area contributed by atoms with Gasteiger partial charge in [0.2, 0.25) is 5.91 Å². The summed E-state index contributed by atoms with van der Waals surface area (Å²) in [5.74, 6) is 0.0695. The van der Waals surface area contributed by atoms with E-state index in [4.69, 9.17) is 9.47 Å². The molecule has 0 aromatic carbocycles. The van der Waals surface area contributed by atoms with E-state index in [0.29, 0.717) is 13.2 Å². The highest BCUT2D eigenvalue weighted by Gasteiger charge is 2.22. The van der Waals surface area contributed by atoms with Gasteiger partial charge in [0.15, 0.2) is 0 Å². The van der Waals surface area contributed by atoms with Crippen LogP contribution in [0.4, 0.5) is 0 Å². The summed E-state index contributed by atoms with van der Waals surface area (Å²) in [7, 11) is 1.61. The molecule has 1 amide bonds. The maximum Gasteiger partial charge on any atom is 0.248 e. The number of hydrogen-bond acceptors (Lipinski definition) is 4. The van der Waals surface area contributed by atoms with Crippen molar-refractivity contribution in [3.8, 4) is 0 Å². The first-order valence-corrected chi connectivity index (χ1v) is 5.32. The van der Waals surface area contributed by atoms with Crippen molar-refractivity contribution in [2.24, 2.45) is 0 Å². The standard InChI is InChI=1S/C10H20N2O3.ClH/c1-9-7-11-3-4-12(9)10(13)8-15-6-5-14-2;/h9,11H,3-8H2,1-2H3;1H. The highest BCUT2D eigenvalue weighted by Crippen LogP contribution is 2.02. The van der Waals surface area contributed by atoms with Gasteiger partial charge in [0, 0.05) is 32.8 Å². The van der Waals surface area contributed by atoms with Gasteiger partial charge in [-0.05, 0) is 6.92 Å². The van der Waals surface area contributed by atoms with Crippen LogP contribution in [0, 0.1) is 0 Å². The Kier molecular flexibility index (Phi) is 8.56. The van der Waals surface area contributed by atoms with Crippen molar-refractivity contribution >= 4 is 18.3 Å². The molecule has 0 spiro atoms. The van der Waals surface area contributed by atoms with Crippen LogP contribution in [0.1, 0.15) is 6.92 Å². The number of hydrogen-bond donors (Lipinski definition) is 1. The summed E-state index contributed by atoms with van der Waals surface area (Å²) < 4.78 is 10.0. The van der Waals surface area contributed by atoms with Gasteiger partial charge < -0.3 is 19.7 Å². The molecule has 6 heteroatoms. The van der Waals surface area contributed by atoms with Gasteiger partial charge in [0.05, 0.1) is 13.2 Å². The van der Waals surface area contributed by atoms with Crippen LogP contribution in [0.5, 0.6) is 0 Å². The quantitative estimate of drug-likeness (QED) is 0.694. The Morgan fingerprint density at radius 3 is 2.88 bits per heavy atom. The second kappa shape index (κ2) is 8.75. The Bertz CT molecular complexity index is 205. The lowest BCUT2D eigenvalue weighted by molar-refractivity contribution is -0.139. The zero-order valence-corrected chi connectivity index (χ0v) is 10.7. The van der Waals surface area contributed by atoms with Gasteiger partial charge in [-0.25, -0.2) is 0 Å². The molecule has 16 heavy (non-hydrogen) atoms. The molecule has 96 valence electrons. The fourth-order valence-electron chi connectivity index (χ4n) is 1.60. The van der Waals surface area contributed by atoms with Gasteiger partial charge in [-0.2, -0.15) is 0 Å². The summed E-state index contributed by atoms with van der Waals surface area (Å²) >= 11 is 0. The Balaban J connectivity index is 0.00000225. The fourth-order valence-corrected chi connectivity index (χ4v) is 1.60. The second-order valence-electron chi connectivity index (χ2n) is 3.69. The molecule has 1 unspecified atom stereocenters. The zero-order chi connectivity index (χ0) is 11.1. The monoisotopic (exact) mass is 252 g/mol. The molecule has 0 aromatic heterocycles. The van der Waals surface area contributed by atoms with Crippen molar-refractivity contribution in [2.75, 3.05) is 46.6 Å². The average Bonchev–Trinajstić information content (AvgIpc) is 2.25. The molecule has 0 radical (unpaired) electrons. The van der Waals surface area contributed by atoms with E-state index in [1.807, 2.05) is 11.8 Å². The molecule has 1 fully saturated rings. The minimum absolute atomic E-state index is 0. The predicted octanol–water partition coefficient (Wildman–Crippen LogP) is -0.108. The summed E-state index contributed by atoms with van der Waals surface area (Å²) in [5, 5.41) is 3.24. The van der Waals surface area contributed by atoms with E-state index in [1.165, 1.54) is 0 Å². The number of rotatable bonds is 5. The highest BCUT2D eigenvalue weighted by molar-refractivity contribution is 5.85. The molecule has 0 saturated carbocycles. The topological polar surface area (TPSA) is 50.8 Å². The number of carbonyl (C=O) groups is 1. The van der Waals surface area contributed by atoms with Crippen molar-refractivity contribution in [1.29, 1.82) is 0 Å². The summed E-state index contributed by atoms with van der Waals surface area (Å²) in [6, 6.07) is 0.261. The number of nitrogens with one attached hydrogen (secondary N) is 1. The van der Waals surface area contributed by atoms with Gasteiger partial charge >= 0.3 is 0 Å². The minimum atomic E-state index is 0. The lowest BCUT2D eigenvalue weighted by Crippen LogP contribution is -2.53. The third kappa shape index (κ3) is 5.12. The number of nitrogens with zero attached hydrogens (tertiary/aromatic N) is 1. The molecule has 5 nitrogen and oxygen atoms in total. The third-order valence-corrected chi connectivity index (χ3v) is 2.48. The molecule has 1 saturated heterocycles. The van der Waals surface area contributed by atoms with Gasteiger partial charge in [-0.3, -0.25) is 4.79 Å². The first kappa shape index (κ1) is 15.6. The molecular weight excluding hydrogens is 232 g/mol. The normalized spacial score (nSPS) is 20.4. The van der Waals surface area contributed by atoms with Crippen LogP contribution >= 0.6 is 12.4 Å². The van der Waals surface area contributed by atoms with Crippen LogP contribution in [-0.4, -0.2) is 63.4 Å². The SMILES string of the molecule is COCCOCC(=O)N1CCNCC1C.Cl. The Morgan fingerprint density at radius 2 is 2.25 bits per heavy atom. The van der Waals surface area contributed by atoms with Gasteiger partial charge in [-0.1, -0.05) is 0 Å². The first-order valence-electron chi connectivity index (χ1n) is 5.32. The van der Waals surface area contributed by atoms with E-state index in [9.17, 15) is 4.79 Å². The van der Waals surface area contributed by atoms with E-state index in [0.717, 1.165) is 19.6 Å². The zero-order valence-electron chi connectivity index (χ0n) is 9.90. The maximum atomic E-state index is 11.7. The molecular formula is C10H21ClN2O3. The Labute approximate surface area is 103 Å². The predicted molar refractivity (Wildman–Crippen MR) is 64.0 cm³/mol. The van der Waals surface area contributed by atoms with Crippen LogP contribution in [0.25, 0.3) is 0 Å². The van der Waals surface area contributed by atoms with Crippen LogP contribution in [-0.2, 0) is 14.3 Å². The summed E-state index contributed by atoms with van der Waals surface area (Å²) in [5.41, 5.74) is 0. The van der Waals surface area contributed by atoms with Crippen molar-refractivity contribution in [2.45, 2.75) is 13.0 Å². The Morgan fingerprint density at radius 1 is 1.50 bits per heavy atom. The van der Waals surface area contributed by atoms with E-state index < -0.39 is 0 Å². The average molecular weight is 253 g/mol. The number of carbonyl (C=O) groups excluding carboxylic acids is 1. The number of ether oxygens (including phenoxy) is 2. The summed E-state index contributed by atoms with van der Waals surface area (Å²) in [6.07, 6.45) is 0. The minimum Gasteiger partial charge on any atom is -0.382 e. The van der Waals surface area contributed by atoms with Crippen molar-refractivity contribution in [3.05, 3.63) is 0 Å². The van der Waals surface area contributed by atoms with Crippen LogP contribution < -0.4 is 5.32 Å². The largest absolute Gasteiger partial charge is 0.382 e. The maximum absolute atomic E-state index is 11.7. The second-order valence-corrected chi connectivity index (χ2v) is 3.69. The molecule has 1 aliphatic rings. The van der Waals surface area contributed by atoms with E-state index in [1.54, 1.807) is 7.11 Å². The van der Waals surface area contributed by atoms with Crippen molar-refractivity contribution in [3.63, 3.8) is 0 Å². The van der Waals surface area contributed by atoms with Crippen LogP contribution in [0.3, 0.4) is 0 Å². The molecule has 1 aliphatic heterocycles. The molecule has 0 aliphatic carbocycles. The van der Waals surface area contributed by atoms with Crippen molar-refractivity contribution < 1.29 is 14.3 Å². The third-order valence-electron chi connectivity index (χ3n) is 2.48.